The molecule has 0 spiro atoms. The Labute approximate surface area is 101 Å². The lowest BCUT2D eigenvalue weighted by Gasteiger charge is -2.17. The van der Waals surface area contributed by atoms with E-state index in [1.807, 2.05) is 0 Å². The fourth-order valence-electron chi connectivity index (χ4n) is 1.66. The minimum Gasteiger partial charge on any atom is -0.359 e. The third-order valence-electron chi connectivity index (χ3n) is 2.97. The summed E-state index contributed by atoms with van der Waals surface area (Å²) in [5.74, 6) is 0.718. The average Bonchev–Trinajstić information content (AvgIpc) is 3.05. The zero-order valence-electron chi connectivity index (χ0n) is 10.1. The molecule has 0 aromatic carbocycles. The maximum Gasteiger partial charge on any atom is 0.205 e. The molecule has 2 rings (SSSR count). The molecule has 0 saturated heterocycles. The highest BCUT2D eigenvalue weighted by atomic mass is 32.1. The molecule has 0 amide bonds. The summed E-state index contributed by atoms with van der Waals surface area (Å²) in [4.78, 5) is 2.40. The van der Waals surface area contributed by atoms with Crippen LogP contribution in [0.25, 0.3) is 0 Å². The van der Waals surface area contributed by atoms with Crippen LogP contribution in [0.3, 0.4) is 0 Å². The zero-order valence-corrected chi connectivity index (χ0v) is 10.9. The molecule has 1 N–H and O–H groups in total. The van der Waals surface area contributed by atoms with E-state index in [2.05, 4.69) is 34.3 Å². The molecule has 16 heavy (non-hydrogen) atoms. The molecular weight excluding hydrogens is 220 g/mol. The summed E-state index contributed by atoms with van der Waals surface area (Å²) in [6.45, 7) is 8.65. The van der Waals surface area contributed by atoms with Crippen LogP contribution >= 0.6 is 11.3 Å². The molecular formula is C11H20N4S. The number of anilines is 1. The molecule has 5 heteroatoms. The zero-order chi connectivity index (χ0) is 11.4. The molecule has 1 aromatic rings. The summed E-state index contributed by atoms with van der Waals surface area (Å²) in [6.07, 6.45) is 2.60. The van der Waals surface area contributed by atoms with E-state index < -0.39 is 0 Å². The number of rotatable bonds is 7. The maximum atomic E-state index is 4.21. The highest BCUT2D eigenvalue weighted by Gasteiger charge is 2.27. The smallest absolute Gasteiger partial charge is 0.205 e. The molecule has 0 unspecified atom stereocenters. The number of hydrogen-bond acceptors (Lipinski definition) is 5. The Balaban J connectivity index is 1.71. The van der Waals surface area contributed by atoms with Gasteiger partial charge in [0.2, 0.25) is 5.13 Å². The predicted molar refractivity (Wildman–Crippen MR) is 68.2 cm³/mol. The van der Waals surface area contributed by atoms with E-state index in [1.54, 1.807) is 11.3 Å². The van der Waals surface area contributed by atoms with Crippen LogP contribution in [0.1, 0.15) is 37.6 Å². The first kappa shape index (κ1) is 11.8. The Morgan fingerprint density at radius 2 is 2.06 bits per heavy atom. The molecule has 1 saturated carbocycles. The van der Waals surface area contributed by atoms with Gasteiger partial charge in [0.05, 0.1) is 0 Å². The Kier molecular flexibility index (Phi) is 4.12. The van der Waals surface area contributed by atoms with Crippen molar-refractivity contribution >= 4 is 16.5 Å². The molecule has 0 bridgehead atoms. The second-order valence-electron chi connectivity index (χ2n) is 4.17. The molecule has 1 fully saturated rings. The monoisotopic (exact) mass is 240 g/mol. The normalized spacial score (nSPS) is 15.7. The first-order valence-corrected chi connectivity index (χ1v) is 6.94. The van der Waals surface area contributed by atoms with Crippen molar-refractivity contribution in [3.05, 3.63) is 5.01 Å². The minimum absolute atomic E-state index is 0.718. The van der Waals surface area contributed by atoms with E-state index in [1.165, 1.54) is 17.8 Å². The van der Waals surface area contributed by atoms with E-state index >= 15 is 0 Å². The Morgan fingerprint density at radius 1 is 1.31 bits per heavy atom. The fraction of sp³-hybridized carbons (Fsp3) is 0.818. The summed E-state index contributed by atoms with van der Waals surface area (Å²) >= 11 is 1.72. The van der Waals surface area contributed by atoms with Gasteiger partial charge in [-0.1, -0.05) is 25.2 Å². The number of nitrogens with one attached hydrogen (secondary N) is 1. The van der Waals surface area contributed by atoms with E-state index in [0.29, 0.717) is 0 Å². The van der Waals surface area contributed by atoms with E-state index in [9.17, 15) is 0 Å². The molecule has 1 aliphatic rings. The molecule has 90 valence electrons. The summed E-state index contributed by atoms with van der Waals surface area (Å²) in [6, 6.07) is 0. The van der Waals surface area contributed by atoms with Gasteiger partial charge in [-0.05, 0) is 25.9 Å². The molecule has 1 heterocycles. The Hall–Kier alpha value is -0.680. The fourth-order valence-corrected chi connectivity index (χ4v) is 2.60. The van der Waals surface area contributed by atoms with Gasteiger partial charge in [-0.3, -0.25) is 0 Å². The van der Waals surface area contributed by atoms with Gasteiger partial charge in [-0.2, -0.15) is 0 Å². The Bertz CT molecular complexity index is 318. The SMILES string of the molecule is CCN(CC)CCNc1nnc(C2CC2)s1. The van der Waals surface area contributed by atoms with Crippen LogP contribution in [0.5, 0.6) is 0 Å². The lowest BCUT2D eigenvalue weighted by Crippen LogP contribution is -2.28. The van der Waals surface area contributed by atoms with Crippen LogP contribution < -0.4 is 5.32 Å². The van der Waals surface area contributed by atoms with Crippen molar-refractivity contribution in [2.75, 3.05) is 31.5 Å². The van der Waals surface area contributed by atoms with Gasteiger partial charge < -0.3 is 10.2 Å². The summed E-state index contributed by atoms with van der Waals surface area (Å²) in [5.41, 5.74) is 0. The van der Waals surface area contributed by atoms with Gasteiger partial charge in [-0.25, -0.2) is 0 Å². The van der Waals surface area contributed by atoms with Crippen molar-refractivity contribution in [1.82, 2.24) is 15.1 Å². The van der Waals surface area contributed by atoms with Gasteiger partial charge >= 0.3 is 0 Å². The van der Waals surface area contributed by atoms with Gasteiger partial charge in [0.25, 0.3) is 0 Å². The van der Waals surface area contributed by atoms with Crippen molar-refractivity contribution in [3.63, 3.8) is 0 Å². The van der Waals surface area contributed by atoms with Crippen LogP contribution in [0, 0.1) is 0 Å². The van der Waals surface area contributed by atoms with Crippen molar-refractivity contribution in [2.45, 2.75) is 32.6 Å². The summed E-state index contributed by atoms with van der Waals surface area (Å²) in [7, 11) is 0. The van der Waals surface area contributed by atoms with Gasteiger partial charge in [-0.15, -0.1) is 10.2 Å². The first-order chi connectivity index (χ1) is 7.83. The molecule has 4 nitrogen and oxygen atoms in total. The van der Waals surface area contributed by atoms with Gasteiger partial charge in [0.15, 0.2) is 0 Å². The Morgan fingerprint density at radius 3 is 2.69 bits per heavy atom. The van der Waals surface area contributed by atoms with Crippen LogP contribution in [0.2, 0.25) is 0 Å². The van der Waals surface area contributed by atoms with Crippen molar-refractivity contribution < 1.29 is 0 Å². The van der Waals surface area contributed by atoms with Crippen LogP contribution in [0.4, 0.5) is 5.13 Å². The van der Waals surface area contributed by atoms with E-state index in [4.69, 9.17) is 0 Å². The van der Waals surface area contributed by atoms with Crippen molar-refractivity contribution in [3.8, 4) is 0 Å². The number of nitrogens with zero attached hydrogens (tertiary/aromatic N) is 3. The lowest BCUT2D eigenvalue weighted by molar-refractivity contribution is 0.316. The van der Waals surface area contributed by atoms with Crippen LogP contribution in [-0.4, -0.2) is 41.3 Å². The number of hydrogen-bond donors (Lipinski definition) is 1. The van der Waals surface area contributed by atoms with E-state index in [-0.39, 0.29) is 0 Å². The van der Waals surface area contributed by atoms with Crippen LogP contribution in [-0.2, 0) is 0 Å². The highest BCUT2D eigenvalue weighted by Crippen LogP contribution is 2.41. The third-order valence-corrected chi connectivity index (χ3v) is 4.01. The molecule has 1 aliphatic carbocycles. The minimum atomic E-state index is 0.718. The molecule has 0 radical (unpaired) electrons. The lowest BCUT2D eigenvalue weighted by atomic mass is 10.5. The third kappa shape index (κ3) is 3.15. The number of likely N-dealkylation sites (N-methyl/N-ethyl adjacent to an activating group) is 1. The maximum absolute atomic E-state index is 4.21. The largest absolute Gasteiger partial charge is 0.359 e. The standard InChI is InChI=1S/C11H20N4S/c1-3-15(4-2)8-7-12-11-14-13-10(16-11)9-5-6-9/h9H,3-8H2,1-2H3,(H,12,14). The first-order valence-electron chi connectivity index (χ1n) is 6.13. The summed E-state index contributed by atoms with van der Waals surface area (Å²) in [5, 5.41) is 13.9. The van der Waals surface area contributed by atoms with Crippen molar-refractivity contribution in [1.29, 1.82) is 0 Å². The van der Waals surface area contributed by atoms with E-state index in [0.717, 1.165) is 37.2 Å². The molecule has 0 atom stereocenters. The topological polar surface area (TPSA) is 41.0 Å². The van der Waals surface area contributed by atoms with Gasteiger partial charge in [0, 0.05) is 19.0 Å². The number of aromatic nitrogens is 2. The molecule has 1 aromatic heterocycles. The second-order valence-corrected chi connectivity index (χ2v) is 5.18. The quantitative estimate of drug-likeness (QED) is 0.793. The summed E-state index contributed by atoms with van der Waals surface area (Å²) < 4.78 is 0. The predicted octanol–water partition coefficient (Wildman–Crippen LogP) is 2.17. The molecule has 0 aliphatic heterocycles. The average molecular weight is 240 g/mol. The second kappa shape index (κ2) is 5.59. The van der Waals surface area contributed by atoms with Crippen molar-refractivity contribution in [2.24, 2.45) is 0 Å². The highest BCUT2D eigenvalue weighted by molar-refractivity contribution is 7.15. The van der Waals surface area contributed by atoms with Gasteiger partial charge in [0.1, 0.15) is 5.01 Å². The van der Waals surface area contributed by atoms with Crippen LogP contribution in [0.15, 0.2) is 0 Å².